The Kier molecular flexibility index (Phi) is 4.20. The van der Waals surface area contributed by atoms with Crippen molar-refractivity contribution in [2.75, 3.05) is 24.3 Å². The van der Waals surface area contributed by atoms with Crippen LogP contribution in [-0.4, -0.2) is 19.0 Å². The van der Waals surface area contributed by atoms with Crippen LogP contribution in [-0.2, 0) is 0 Å². The van der Waals surface area contributed by atoms with Crippen molar-refractivity contribution in [2.24, 2.45) is 0 Å². The van der Waals surface area contributed by atoms with Gasteiger partial charge >= 0.3 is 0 Å². The van der Waals surface area contributed by atoms with Gasteiger partial charge in [-0.1, -0.05) is 12.1 Å². The molecule has 0 radical (unpaired) electrons. The average molecular weight is 323 g/mol. The Balaban J connectivity index is 2.09. The van der Waals surface area contributed by atoms with Gasteiger partial charge in [0.25, 0.3) is 5.69 Å². The lowest BCUT2D eigenvalue weighted by atomic mass is 10.1. The molecule has 0 aliphatic heterocycles. The summed E-state index contributed by atoms with van der Waals surface area (Å²) in [6.45, 7) is 0. The van der Waals surface area contributed by atoms with E-state index < -0.39 is 4.92 Å². The number of rotatable bonds is 5. The molecule has 0 fully saturated rings. The van der Waals surface area contributed by atoms with E-state index in [9.17, 15) is 10.1 Å². The summed E-state index contributed by atoms with van der Waals surface area (Å²) in [5.74, 6) is 0.471. The smallest absolute Gasteiger partial charge is 0.280 e. The molecule has 0 aliphatic carbocycles. The van der Waals surface area contributed by atoms with Gasteiger partial charge in [-0.15, -0.1) is 0 Å². The highest BCUT2D eigenvalue weighted by Gasteiger charge is 2.19. The van der Waals surface area contributed by atoms with Crippen LogP contribution in [0.1, 0.15) is 0 Å². The van der Waals surface area contributed by atoms with E-state index in [2.05, 4.69) is 5.32 Å². The minimum Gasteiger partial charge on any atom is -0.464 e. The highest BCUT2D eigenvalue weighted by molar-refractivity contribution is 5.80. The molecule has 3 rings (SSSR count). The molecule has 24 heavy (non-hydrogen) atoms. The van der Waals surface area contributed by atoms with E-state index in [0.29, 0.717) is 11.3 Å². The molecular formula is C18H17N3O3. The van der Waals surface area contributed by atoms with Crippen LogP contribution in [0.3, 0.4) is 0 Å². The summed E-state index contributed by atoms with van der Waals surface area (Å²) in [5.41, 5.74) is 3.24. The predicted octanol–water partition coefficient (Wildman–Crippen LogP) is 4.66. The van der Waals surface area contributed by atoms with Crippen molar-refractivity contribution >= 4 is 22.7 Å². The number of para-hydroxylation sites is 2. The summed E-state index contributed by atoms with van der Waals surface area (Å²) >= 11 is 0. The summed E-state index contributed by atoms with van der Waals surface area (Å²) in [5, 5.41) is 14.5. The predicted molar refractivity (Wildman–Crippen MR) is 94.9 cm³/mol. The van der Waals surface area contributed by atoms with E-state index in [-0.39, 0.29) is 5.69 Å². The number of nitro groups is 1. The number of nitrogens with zero attached hydrogens (tertiary/aromatic N) is 2. The number of anilines is 3. The van der Waals surface area contributed by atoms with Crippen LogP contribution in [0.15, 0.2) is 65.3 Å². The normalized spacial score (nSPS) is 10.4. The fraction of sp³-hybridized carbons (Fsp3) is 0.111. The minimum absolute atomic E-state index is 0.0176. The molecule has 6 nitrogen and oxygen atoms in total. The third-order valence-corrected chi connectivity index (χ3v) is 3.89. The zero-order valence-corrected chi connectivity index (χ0v) is 13.4. The Labute approximate surface area is 139 Å². The Morgan fingerprint density at radius 1 is 1.12 bits per heavy atom. The van der Waals surface area contributed by atoms with Crippen LogP contribution in [0.5, 0.6) is 0 Å². The van der Waals surface area contributed by atoms with Gasteiger partial charge in [0.1, 0.15) is 5.76 Å². The monoisotopic (exact) mass is 323 g/mol. The van der Waals surface area contributed by atoms with Crippen LogP contribution in [0.2, 0.25) is 0 Å². The molecule has 1 N–H and O–H groups in total. The highest BCUT2D eigenvalue weighted by Crippen LogP contribution is 2.37. The summed E-state index contributed by atoms with van der Waals surface area (Å²) in [6, 6.07) is 16.3. The van der Waals surface area contributed by atoms with Gasteiger partial charge < -0.3 is 14.6 Å². The fourth-order valence-corrected chi connectivity index (χ4v) is 2.64. The van der Waals surface area contributed by atoms with Crippen molar-refractivity contribution in [2.45, 2.75) is 0 Å². The van der Waals surface area contributed by atoms with Crippen molar-refractivity contribution in [1.29, 1.82) is 0 Å². The Morgan fingerprint density at radius 2 is 1.92 bits per heavy atom. The molecule has 0 atom stereocenters. The van der Waals surface area contributed by atoms with Gasteiger partial charge in [0.05, 0.1) is 28.1 Å². The van der Waals surface area contributed by atoms with Crippen LogP contribution in [0.4, 0.5) is 22.7 Å². The van der Waals surface area contributed by atoms with Gasteiger partial charge in [0.15, 0.2) is 0 Å². The molecule has 122 valence electrons. The molecular weight excluding hydrogens is 306 g/mol. The second-order valence-electron chi connectivity index (χ2n) is 5.26. The molecule has 0 spiro atoms. The third-order valence-electron chi connectivity index (χ3n) is 3.89. The first-order valence-electron chi connectivity index (χ1n) is 7.44. The van der Waals surface area contributed by atoms with E-state index in [0.717, 1.165) is 17.1 Å². The van der Waals surface area contributed by atoms with Crippen molar-refractivity contribution < 1.29 is 9.34 Å². The Morgan fingerprint density at radius 3 is 2.58 bits per heavy atom. The first kappa shape index (κ1) is 15.6. The second kappa shape index (κ2) is 6.45. The molecule has 0 amide bonds. The lowest BCUT2D eigenvalue weighted by Gasteiger charge is -2.22. The molecule has 0 saturated carbocycles. The van der Waals surface area contributed by atoms with Crippen molar-refractivity contribution in [1.82, 2.24) is 0 Å². The molecule has 0 aliphatic rings. The maximum Gasteiger partial charge on any atom is 0.280 e. The molecule has 1 heterocycles. The minimum atomic E-state index is -0.400. The maximum atomic E-state index is 11.3. The summed E-state index contributed by atoms with van der Waals surface area (Å²) < 4.78 is 5.36. The van der Waals surface area contributed by atoms with Gasteiger partial charge in [0.2, 0.25) is 0 Å². The number of benzene rings is 2. The van der Waals surface area contributed by atoms with Crippen molar-refractivity contribution in [3.8, 4) is 11.3 Å². The van der Waals surface area contributed by atoms with Crippen LogP contribution in [0, 0.1) is 10.1 Å². The van der Waals surface area contributed by atoms with Gasteiger partial charge in [-0.05, 0) is 36.4 Å². The topological polar surface area (TPSA) is 71.5 Å². The lowest BCUT2D eigenvalue weighted by molar-refractivity contribution is -0.384. The molecule has 6 heteroatoms. The molecule has 2 aromatic carbocycles. The zero-order chi connectivity index (χ0) is 17.1. The van der Waals surface area contributed by atoms with E-state index in [1.54, 1.807) is 24.3 Å². The summed E-state index contributed by atoms with van der Waals surface area (Å²) in [4.78, 5) is 12.9. The summed E-state index contributed by atoms with van der Waals surface area (Å²) in [6.07, 6.45) is 1.51. The van der Waals surface area contributed by atoms with Crippen molar-refractivity contribution in [3.05, 3.63) is 71.0 Å². The van der Waals surface area contributed by atoms with Gasteiger partial charge in [-0.2, -0.15) is 0 Å². The van der Waals surface area contributed by atoms with Gasteiger partial charge in [-0.25, -0.2) is 0 Å². The number of furan rings is 1. The van der Waals surface area contributed by atoms with E-state index in [1.165, 1.54) is 12.3 Å². The van der Waals surface area contributed by atoms with Crippen molar-refractivity contribution in [3.63, 3.8) is 0 Å². The average Bonchev–Trinajstić information content (AvgIpc) is 3.15. The maximum absolute atomic E-state index is 11.3. The number of hydrogen-bond acceptors (Lipinski definition) is 5. The summed E-state index contributed by atoms with van der Waals surface area (Å²) in [7, 11) is 3.78. The lowest BCUT2D eigenvalue weighted by Crippen LogP contribution is -2.11. The number of nitrogens with one attached hydrogen (secondary N) is 1. The van der Waals surface area contributed by atoms with E-state index in [4.69, 9.17) is 4.42 Å². The van der Waals surface area contributed by atoms with E-state index >= 15 is 0 Å². The molecule has 0 unspecified atom stereocenters. The Hall–Kier alpha value is -3.28. The number of hydrogen-bond donors (Lipinski definition) is 1. The first-order valence-corrected chi connectivity index (χ1v) is 7.44. The quantitative estimate of drug-likeness (QED) is 0.546. The second-order valence-corrected chi connectivity index (χ2v) is 5.26. The SMILES string of the molecule is CNc1ccccc1N(C)c1ccc([N+](=O)[O-])c(-c2ccco2)c1. The molecule has 0 saturated heterocycles. The fourth-order valence-electron chi connectivity index (χ4n) is 2.64. The molecule has 0 bridgehead atoms. The Bertz CT molecular complexity index is 860. The number of nitro benzene ring substituents is 1. The molecule has 3 aromatic rings. The zero-order valence-electron chi connectivity index (χ0n) is 13.4. The van der Waals surface area contributed by atoms with Gasteiger partial charge in [0, 0.05) is 25.8 Å². The molecule has 1 aromatic heterocycles. The van der Waals surface area contributed by atoms with Crippen LogP contribution < -0.4 is 10.2 Å². The van der Waals surface area contributed by atoms with Crippen LogP contribution in [0.25, 0.3) is 11.3 Å². The van der Waals surface area contributed by atoms with Crippen LogP contribution >= 0.6 is 0 Å². The highest BCUT2D eigenvalue weighted by atomic mass is 16.6. The standard InChI is InChI=1S/C18H17N3O3/c1-19-15-6-3-4-7-17(15)20(2)13-9-10-16(21(22)23)14(12-13)18-8-5-11-24-18/h3-12,19H,1-2H3. The van der Waals surface area contributed by atoms with E-state index in [1.807, 2.05) is 43.3 Å². The van der Waals surface area contributed by atoms with Gasteiger partial charge in [-0.3, -0.25) is 10.1 Å². The largest absolute Gasteiger partial charge is 0.464 e. The first-order chi connectivity index (χ1) is 11.6. The third kappa shape index (κ3) is 2.81.